The molecule has 0 saturated carbocycles. The highest BCUT2D eigenvalue weighted by Crippen LogP contribution is 2.24. The predicted octanol–water partition coefficient (Wildman–Crippen LogP) is 4.65. The van der Waals surface area contributed by atoms with Crippen molar-refractivity contribution in [2.75, 3.05) is 11.9 Å². The van der Waals surface area contributed by atoms with Gasteiger partial charge in [-0.3, -0.25) is 0 Å². The minimum absolute atomic E-state index is 0.763. The van der Waals surface area contributed by atoms with Crippen LogP contribution >= 0.6 is 0 Å². The van der Waals surface area contributed by atoms with Gasteiger partial charge in [0.05, 0.1) is 0 Å². The van der Waals surface area contributed by atoms with Crippen molar-refractivity contribution in [3.8, 4) is 11.5 Å². The van der Waals surface area contributed by atoms with Crippen molar-refractivity contribution in [3.05, 3.63) is 66.9 Å². The van der Waals surface area contributed by atoms with Crippen molar-refractivity contribution in [1.82, 2.24) is 0 Å². The molecule has 2 aromatic carbocycles. The van der Waals surface area contributed by atoms with E-state index in [0.29, 0.717) is 0 Å². The summed E-state index contributed by atoms with van der Waals surface area (Å²) in [5, 5.41) is 0. The molecule has 0 fully saturated rings. The number of hydrogen-bond donors (Lipinski definition) is 0. The SMILES string of the molecule is CC1=NC=CCC(N(C)c2ccc(Oc3ccccc3)cc2)=N1. The monoisotopic (exact) mass is 305 g/mol. The average Bonchev–Trinajstić information content (AvgIpc) is 2.80. The summed E-state index contributed by atoms with van der Waals surface area (Å²) in [6, 6.07) is 17.8. The molecule has 4 heteroatoms. The molecule has 0 aliphatic carbocycles. The van der Waals surface area contributed by atoms with Gasteiger partial charge in [0.1, 0.15) is 23.2 Å². The zero-order valence-corrected chi connectivity index (χ0v) is 13.3. The third kappa shape index (κ3) is 3.86. The summed E-state index contributed by atoms with van der Waals surface area (Å²) in [6.07, 6.45) is 4.58. The van der Waals surface area contributed by atoms with Gasteiger partial charge in [-0.1, -0.05) is 24.3 Å². The van der Waals surface area contributed by atoms with Crippen LogP contribution in [-0.4, -0.2) is 18.7 Å². The van der Waals surface area contributed by atoms with Crippen LogP contribution in [0, 0.1) is 0 Å². The molecule has 4 nitrogen and oxygen atoms in total. The minimum atomic E-state index is 0.763. The van der Waals surface area contributed by atoms with Gasteiger partial charge in [0.25, 0.3) is 0 Å². The molecule has 1 aliphatic rings. The van der Waals surface area contributed by atoms with Crippen LogP contribution in [-0.2, 0) is 0 Å². The largest absolute Gasteiger partial charge is 0.457 e. The molecule has 0 aromatic heterocycles. The second-order valence-corrected chi connectivity index (χ2v) is 5.26. The van der Waals surface area contributed by atoms with E-state index in [-0.39, 0.29) is 0 Å². The van der Waals surface area contributed by atoms with E-state index >= 15 is 0 Å². The van der Waals surface area contributed by atoms with Crippen molar-refractivity contribution in [2.45, 2.75) is 13.3 Å². The summed E-state index contributed by atoms with van der Waals surface area (Å²) in [5.74, 6) is 3.38. The van der Waals surface area contributed by atoms with Crippen molar-refractivity contribution in [3.63, 3.8) is 0 Å². The molecule has 0 saturated heterocycles. The molecule has 0 spiro atoms. The minimum Gasteiger partial charge on any atom is -0.457 e. The molecule has 23 heavy (non-hydrogen) atoms. The van der Waals surface area contributed by atoms with E-state index < -0.39 is 0 Å². The van der Waals surface area contributed by atoms with Gasteiger partial charge in [-0.25, -0.2) is 9.98 Å². The lowest BCUT2D eigenvalue weighted by molar-refractivity contribution is 0.483. The van der Waals surface area contributed by atoms with Gasteiger partial charge in [0.2, 0.25) is 0 Å². The highest BCUT2D eigenvalue weighted by Gasteiger charge is 2.10. The van der Waals surface area contributed by atoms with E-state index in [1.807, 2.05) is 74.6 Å². The van der Waals surface area contributed by atoms with Crippen LogP contribution in [0.15, 0.2) is 76.9 Å². The van der Waals surface area contributed by atoms with Crippen molar-refractivity contribution >= 4 is 17.4 Å². The van der Waals surface area contributed by atoms with E-state index in [1.165, 1.54) is 0 Å². The molecule has 1 aliphatic heterocycles. The second kappa shape index (κ2) is 6.92. The summed E-state index contributed by atoms with van der Waals surface area (Å²) >= 11 is 0. The van der Waals surface area contributed by atoms with Crippen LogP contribution in [0.5, 0.6) is 11.5 Å². The van der Waals surface area contributed by atoms with Crippen LogP contribution in [0.1, 0.15) is 13.3 Å². The Balaban J connectivity index is 1.74. The third-order valence-corrected chi connectivity index (χ3v) is 3.55. The van der Waals surface area contributed by atoms with Crippen LogP contribution < -0.4 is 9.64 Å². The zero-order chi connectivity index (χ0) is 16.1. The average molecular weight is 305 g/mol. The fourth-order valence-electron chi connectivity index (χ4n) is 2.30. The Morgan fingerprint density at radius 3 is 2.39 bits per heavy atom. The normalized spacial score (nSPS) is 13.8. The Kier molecular flexibility index (Phi) is 4.52. The van der Waals surface area contributed by atoms with Crippen LogP contribution in [0.25, 0.3) is 0 Å². The molecule has 0 N–H and O–H groups in total. The Labute approximate surface area is 136 Å². The van der Waals surface area contributed by atoms with Gasteiger partial charge < -0.3 is 9.64 Å². The summed E-state index contributed by atoms with van der Waals surface area (Å²) in [4.78, 5) is 10.8. The Bertz CT molecular complexity index is 746. The van der Waals surface area contributed by atoms with Gasteiger partial charge in [-0.05, 0) is 43.3 Å². The Hall–Kier alpha value is -2.88. The summed E-state index contributed by atoms with van der Waals surface area (Å²) in [5.41, 5.74) is 1.06. The summed E-state index contributed by atoms with van der Waals surface area (Å²) < 4.78 is 5.82. The van der Waals surface area contributed by atoms with Gasteiger partial charge in [0, 0.05) is 25.4 Å². The number of anilines is 1. The maximum absolute atomic E-state index is 5.82. The molecule has 0 unspecified atom stereocenters. The molecule has 0 atom stereocenters. The number of aliphatic imine (C=N–C) groups is 2. The highest BCUT2D eigenvalue weighted by molar-refractivity contribution is 6.05. The Morgan fingerprint density at radius 1 is 0.957 bits per heavy atom. The third-order valence-electron chi connectivity index (χ3n) is 3.55. The van der Waals surface area contributed by atoms with Crippen LogP contribution in [0.4, 0.5) is 5.69 Å². The molecule has 3 rings (SSSR count). The van der Waals surface area contributed by atoms with Gasteiger partial charge in [0.15, 0.2) is 0 Å². The molecule has 0 radical (unpaired) electrons. The molecule has 2 aromatic rings. The Morgan fingerprint density at radius 2 is 1.65 bits per heavy atom. The zero-order valence-electron chi connectivity index (χ0n) is 13.3. The first-order valence-corrected chi connectivity index (χ1v) is 7.56. The second-order valence-electron chi connectivity index (χ2n) is 5.26. The van der Waals surface area contributed by atoms with E-state index in [4.69, 9.17) is 4.74 Å². The van der Waals surface area contributed by atoms with Crippen molar-refractivity contribution in [2.24, 2.45) is 9.98 Å². The number of hydrogen-bond acceptors (Lipinski definition) is 4. The standard InChI is InChI=1S/C19H19N3O/c1-15-20-14-6-9-19(21-15)22(2)16-10-12-18(13-11-16)23-17-7-4-3-5-8-17/h3-8,10-14H,9H2,1-2H3. The predicted molar refractivity (Wildman–Crippen MR) is 95.7 cm³/mol. The number of ether oxygens (including phenoxy) is 1. The van der Waals surface area contributed by atoms with E-state index in [1.54, 1.807) is 6.20 Å². The fourth-order valence-corrected chi connectivity index (χ4v) is 2.30. The lowest BCUT2D eigenvalue weighted by Gasteiger charge is -2.20. The summed E-state index contributed by atoms with van der Waals surface area (Å²) in [6.45, 7) is 1.90. The van der Waals surface area contributed by atoms with E-state index in [9.17, 15) is 0 Å². The number of benzene rings is 2. The number of amidine groups is 2. The molecular weight excluding hydrogens is 286 g/mol. The fraction of sp³-hybridized carbons (Fsp3) is 0.158. The maximum atomic E-state index is 5.82. The topological polar surface area (TPSA) is 37.2 Å². The van der Waals surface area contributed by atoms with Gasteiger partial charge >= 0.3 is 0 Å². The number of rotatable bonds is 3. The van der Waals surface area contributed by atoms with Crippen LogP contribution in [0.2, 0.25) is 0 Å². The first-order chi connectivity index (χ1) is 11.2. The van der Waals surface area contributed by atoms with Crippen LogP contribution in [0.3, 0.4) is 0 Å². The van der Waals surface area contributed by atoms with Gasteiger partial charge in [-0.2, -0.15) is 0 Å². The first-order valence-electron chi connectivity index (χ1n) is 7.56. The van der Waals surface area contributed by atoms with E-state index in [0.717, 1.165) is 35.3 Å². The lowest BCUT2D eigenvalue weighted by atomic mass is 10.2. The molecular formula is C19H19N3O. The quantitative estimate of drug-likeness (QED) is 0.827. The first kappa shape index (κ1) is 15.0. The number of nitrogens with zero attached hydrogens (tertiary/aromatic N) is 3. The van der Waals surface area contributed by atoms with E-state index in [2.05, 4.69) is 14.9 Å². The number of para-hydroxylation sites is 1. The van der Waals surface area contributed by atoms with Crippen molar-refractivity contribution in [1.29, 1.82) is 0 Å². The molecule has 1 heterocycles. The molecule has 0 amide bonds. The maximum Gasteiger partial charge on any atom is 0.127 e. The summed E-state index contributed by atoms with van der Waals surface area (Å²) in [7, 11) is 2.01. The van der Waals surface area contributed by atoms with Gasteiger partial charge in [-0.15, -0.1) is 0 Å². The smallest absolute Gasteiger partial charge is 0.127 e. The highest BCUT2D eigenvalue weighted by atomic mass is 16.5. The molecule has 0 bridgehead atoms. The van der Waals surface area contributed by atoms with Crippen molar-refractivity contribution < 1.29 is 4.74 Å². The molecule has 116 valence electrons. The lowest BCUT2D eigenvalue weighted by Crippen LogP contribution is -2.26.